The van der Waals surface area contributed by atoms with Crippen LogP contribution in [0.25, 0.3) is 0 Å². The molecule has 0 amide bonds. The molecule has 1 aromatic heterocycles. The minimum atomic E-state index is -1.31. The van der Waals surface area contributed by atoms with Crippen LogP contribution < -0.4 is 5.56 Å². The van der Waals surface area contributed by atoms with Crippen molar-refractivity contribution in [1.29, 1.82) is 0 Å². The van der Waals surface area contributed by atoms with E-state index in [2.05, 4.69) is 10.2 Å². The molecule has 0 aliphatic heterocycles. The molecule has 2 aromatic rings. The number of hydrogen-bond acceptors (Lipinski definition) is 3. The van der Waals surface area contributed by atoms with Gasteiger partial charge in [0, 0.05) is 12.0 Å². The summed E-state index contributed by atoms with van der Waals surface area (Å²) in [7, 11) is 0. The lowest BCUT2D eigenvalue weighted by Gasteiger charge is -2.08. The first-order valence-corrected chi connectivity index (χ1v) is 6.49. The standard InChI is InChI=1S/C15H15FN2O3/c1-8(2)12-7-10(17-18-14(12)19)6-9-4-3-5-11(13(9)16)15(20)21/h3-5,7-8H,6H2,1-2H3,(H,18,19)(H,20,21). The normalized spacial score (nSPS) is 10.9. The zero-order valence-electron chi connectivity index (χ0n) is 11.7. The summed E-state index contributed by atoms with van der Waals surface area (Å²) in [6.07, 6.45) is 0.115. The van der Waals surface area contributed by atoms with E-state index in [0.717, 1.165) is 0 Å². The fraction of sp³-hybridized carbons (Fsp3) is 0.267. The highest BCUT2D eigenvalue weighted by Gasteiger charge is 2.15. The van der Waals surface area contributed by atoms with Gasteiger partial charge in [-0.3, -0.25) is 4.79 Å². The number of carboxylic acid groups (broad SMARTS) is 1. The van der Waals surface area contributed by atoms with Gasteiger partial charge in [-0.2, -0.15) is 5.10 Å². The van der Waals surface area contributed by atoms with E-state index in [1.54, 1.807) is 6.07 Å². The van der Waals surface area contributed by atoms with E-state index < -0.39 is 11.8 Å². The lowest BCUT2D eigenvalue weighted by Crippen LogP contribution is -2.17. The third kappa shape index (κ3) is 3.16. The highest BCUT2D eigenvalue weighted by molar-refractivity contribution is 5.88. The number of benzene rings is 1. The van der Waals surface area contributed by atoms with Crippen molar-refractivity contribution in [2.75, 3.05) is 0 Å². The Morgan fingerprint density at radius 1 is 1.43 bits per heavy atom. The Hall–Kier alpha value is -2.50. The number of H-pyrrole nitrogens is 1. The van der Waals surface area contributed by atoms with Crippen LogP contribution in [0.4, 0.5) is 4.39 Å². The molecular formula is C15H15FN2O3. The molecule has 0 atom stereocenters. The van der Waals surface area contributed by atoms with Crippen LogP contribution in [0.2, 0.25) is 0 Å². The van der Waals surface area contributed by atoms with Gasteiger partial charge in [-0.15, -0.1) is 0 Å². The van der Waals surface area contributed by atoms with E-state index in [1.165, 1.54) is 18.2 Å². The van der Waals surface area contributed by atoms with Gasteiger partial charge >= 0.3 is 5.97 Å². The molecule has 0 aliphatic carbocycles. The molecule has 0 spiro atoms. The van der Waals surface area contributed by atoms with Crippen LogP contribution in [0.5, 0.6) is 0 Å². The van der Waals surface area contributed by atoms with Gasteiger partial charge in [0.1, 0.15) is 5.82 Å². The maximum Gasteiger partial charge on any atom is 0.338 e. The summed E-state index contributed by atoms with van der Waals surface area (Å²) in [5, 5.41) is 15.2. The number of carbonyl (C=O) groups is 1. The Labute approximate surface area is 120 Å². The molecule has 0 saturated heterocycles. The molecule has 2 N–H and O–H groups in total. The molecular weight excluding hydrogens is 275 g/mol. The van der Waals surface area contributed by atoms with Gasteiger partial charge in [0.25, 0.3) is 5.56 Å². The van der Waals surface area contributed by atoms with Crippen molar-refractivity contribution < 1.29 is 14.3 Å². The summed E-state index contributed by atoms with van der Waals surface area (Å²) in [6, 6.07) is 5.82. The zero-order chi connectivity index (χ0) is 15.6. The maximum atomic E-state index is 14.1. The number of nitrogens with one attached hydrogen (secondary N) is 1. The molecule has 21 heavy (non-hydrogen) atoms. The number of rotatable bonds is 4. The third-order valence-electron chi connectivity index (χ3n) is 3.19. The lowest BCUT2D eigenvalue weighted by atomic mass is 10.0. The van der Waals surface area contributed by atoms with Crippen LogP contribution in [0.3, 0.4) is 0 Å². The highest BCUT2D eigenvalue weighted by Crippen LogP contribution is 2.17. The summed E-state index contributed by atoms with van der Waals surface area (Å²) in [6.45, 7) is 3.75. The molecule has 0 saturated carbocycles. The molecule has 0 aliphatic rings. The van der Waals surface area contributed by atoms with Gasteiger partial charge in [-0.25, -0.2) is 14.3 Å². The van der Waals surface area contributed by atoms with E-state index in [-0.39, 0.29) is 29.0 Å². The number of aromatic nitrogens is 2. The minimum absolute atomic E-state index is 0.0192. The highest BCUT2D eigenvalue weighted by atomic mass is 19.1. The molecule has 0 fully saturated rings. The van der Waals surface area contributed by atoms with E-state index in [0.29, 0.717) is 11.3 Å². The van der Waals surface area contributed by atoms with Crippen molar-refractivity contribution >= 4 is 5.97 Å². The van der Waals surface area contributed by atoms with Crippen LogP contribution in [0.1, 0.15) is 46.9 Å². The fourth-order valence-electron chi connectivity index (χ4n) is 2.06. The molecule has 0 radical (unpaired) electrons. The molecule has 110 valence electrons. The van der Waals surface area contributed by atoms with E-state index in [1.807, 2.05) is 13.8 Å². The average Bonchev–Trinajstić information content (AvgIpc) is 2.42. The minimum Gasteiger partial charge on any atom is -0.478 e. The second-order valence-corrected chi connectivity index (χ2v) is 5.06. The summed E-state index contributed by atoms with van der Waals surface area (Å²) >= 11 is 0. The van der Waals surface area contributed by atoms with Gasteiger partial charge in [0.05, 0.1) is 11.3 Å². The molecule has 6 heteroatoms. The zero-order valence-corrected chi connectivity index (χ0v) is 11.7. The van der Waals surface area contributed by atoms with Gasteiger partial charge < -0.3 is 5.11 Å². The third-order valence-corrected chi connectivity index (χ3v) is 3.19. The Bertz CT molecular complexity index is 738. The molecule has 5 nitrogen and oxygen atoms in total. The molecule has 0 bridgehead atoms. The van der Waals surface area contributed by atoms with Gasteiger partial charge in [-0.1, -0.05) is 26.0 Å². The predicted octanol–water partition coefficient (Wildman–Crippen LogP) is 2.32. The number of carboxylic acids is 1. The summed E-state index contributed by atoms with van der Waals surface area (Å²) in [5.41, 5.74) is 0.633. The molecule has 2 rings (SSSR count). The Balaban J connectivity index is 2.39. The first kappa shape index (κ1) is 14.9. The topological polar surface area (TPSA) is 83.0 Å². The Morgan fingerprint density at radius 2 is 2.14 bits per heavy atom. The van der Waals surface area contributed by atoms with Crippen LogP contribution >= 0.6 is 0 Å². The van der Waals surface area contributed by atoms with E-state index in [4.69, 9.17) is 5.11 Å². The maximum absolute atomic E-state index is 14.1. The first-order chi connectivity index (χ1) is 9.90. The lowest BCUT2D eigenvalue weighted by molar-refractivity contribution is 0.0691. The SMILES string of the molecule is CC(C)c1cc(Cc2cccc(C(=O)O)c2F)n[nH]c1=O. The quantitative estimate of drug-likeness (QED) is 0.905. The van der Waals surface area contributed by atoms with E-state index in [9.17, 15) is 14.0 Å². The number of nitrogens with zero attached hydrogens (tertiary/aromatic N) is 1. The number of hydrogen-bond donors (Lipinski definition) is 2. The van der Waals surface area contributed by atoms with Crippen molar-refractivity contribution in [3.8, 4) is 0 Å². The number of aromatic carboxylic acids is 1. The van der Waals surface area contributed by atoms with Crippen molar-refractivity contribution in [2.24, 2.45) is 0 Å². The van der Waals surface area contributed by atoms with Crippen LogP contribution in [-0.4, -0.2) is 21.3 Å². The monoisotopic (exact) mass is 290 g/mol. The summed E-state index contributed by atoms with van der Waals surface area (Å²) in [5.74, 6) is -2.07. The fourth-order valence-corrected chi connectivity index (χ4v) is 2.06. The van der Waals surface area contributed by atoms with Crippen molar-refractivity contribution in [1.82, 2.24) is 10.2 Å². The first-order valence-electron chi connectivity index (χ1n) is 6.49. The smallest absolute Gasteiger partial charge is 0.338 e. The Kier molecular flexibility index (Phi) is 4.16. The number of aromatic amines is 1. The van der Waals surface area contributed by atoms with Gasteiger partial charge in [-0.05, 0) is 23.6 Å². The largest absolute Gasteiger partial charge is 0.478 e. The Morgan fingerprint density at radius 3 is 2.76 bits per heavy atom. The van der Waals surface area contributed by atoms with Crippen LogP contribution in [0, 0.1) is 5.82 Å². The van der Waals surface area contributed by atoms with Crippen molar-refractivity contribution in [3.05, 3.63) is 62.8 Å². The molecule has 1 heterocycles. The van der Waals surface area contributed by atoms with Crippen molar-refractivity contribution in [2.45, 2.75) is 26.2 Å². The number of halogens is 1. The van der Waals surface area contributed by atoms with Gasteiger partial charge in [0.2, 0.25) is 0 Å². The predicted molar refractivity (Wildman–Crippen MR) is 75.1 cm³/mol. The van der Waals surface area contributed by atoms with Crippen LogP contribution in [-0.2, 0) is 6.42 Å². The second kappa shape index (κ2) is 5.87. The molecule has 1 aromatic carbocycles. The molecule has 0 unspecified atom stereocenters. The van der Waals surface area contributed by atoms with Crippen molar-refractivity contribution in [3.63, 3.8) is 0 Å². The van der Waals surface area contributed by atoms with E-state index >= 15 is 0 Å². The average molecular weight is 290 g/mol. The summed E-state index contributed by atoms with van der Waals surface area (Å²) < 4.78 is 14.1. The second-order valence-electron chi connectivity index (χ2n) is 5.06. The summed E-state index contributed by atoms with van der Waals surface area (Å²) in [4.78, 5) is 22.5. The van der Waals surface area contributed by atoms with Gasteiger partial charge in [0.15, 0.2) is 0 Å². The van der Waals surface area contributed by atoms with Crippen LogP contribution in [0.15, 0.2) is 29.1 Å².